The molecule has 0 amide bonds. The minimum atomic E-state index is -1.41. The van der Waals surface area contributed by atoms with Crippen LogP contribution in [0.5, 0.6) is 0 Å². The summed E-state index contributed by atoms with van der Waals surface area (Å²) in [5.41, 5.74) is 11.8. The fourth-order valence-electron chi connectivity index (χ4n) is 7.61. The van der Waals surface area contributed by atoms with E-state index in [9.17, 15) is 0 Å². The van der Waals surface area contributed by atoms with Gasteiger partial charge in [0.05, 0.1) is 19.4 Å². The molecule has 8 rings (SSSR count). The average Bonchev–Trinajstić information content (AvgIpc) is 3.53. The van der Waals surface area contributed by atoms with Crippen LogP contribution in [-0.4, -0.2) is 23.0 Å². The zero-order valence-electron chi connectivity index (χ0n) is 32.7. The second-order valence-corrected chi connectivity index (χ2v) is 22.0. The van der Waals surface area contributed by atoms with E-state index in [0.717, 1.165) is 68.0 Å². The predicted molar refractivity (Wildman–Crippen MR) is 224 cm³/mol. The second-order valence-electron chi connectivity index (χ2n) is 16.9. The topological polar surface area (TPSA) is 51.8 Å². The second kappa shape index (κ2) is 16.6. The Balaban J connectivity index is 0.000000181. The molecule has 54 heavy (non-hydrogen) atoms. The van der Waals surface area contributed by atoms with Crippen LogP contribution in [0.1, 0.15) is 75.5 Å². The monoisotopic (exact) mass is 906 g/mol. The first-order valence-corrected chi connectivity index (χ1v) is 22.7. The molecule has 1 saturated carbocycles. The summed E-state index contributed by atoms with van der Waals surface area (Å²) in [5.74, 6) is 0.724. The van der Waals surface area contributed by atoms with E-state index in [4.69, 9.17) is 14.4 Å². The molecule has 0 spiro atoms. The van der Waals surface area contributed by atoms with Gasteiger partial charge in [-0.3, -0.25) is 0 Å². The van der Waals surface area contributed by atoms with E-state index >= 15 is 0 Å². The molecule has 6 heteroatoms. The summed E-state index contributed by atoms with van der Waals surface area (Å²) < 4.78 is 6.16. The van der Waals surface area contributed by atoms with E-state index in [-0.39, 0.29) is 25.5 Å². The molecule has 1 fully saturated rings. The number of hydrogen-bond acceptors (Lipinski definition) is 4. The number of fused-ring (bicyclic) bond motifs is 3. The molecule has 3 aromatic carbocycles. The van der Waals surface area contributed by atoms with Gasteiger partial charge in [0.1, 0.15) is 0 Å². The molecule has 0 bridgehead atoms. The Morgan fingerprint density at radius 2 is 1.54 bits per heavy atom. The number of hydrogen-bond donors (Lipinski definition) is 0. The van der Waals surface area contributed by atoms with Gasteiger partial charge < -0.3 is 14.4 Å². The van der Waals surface area contributed by atoms with Gasteiger partial charge in [-0.2, -0.15) is 0 Å². The van der Waals surface area contributed by atoms with Crippen molar-refractivity contribution in [3.63, 3.8) is 0 Å². The standard InChI is InChI=1S/C25H36NSi.C23H15N2O.Ir/c1-25(2,3)17-22-16-23(26-18-24(22)27(4,5)6)21-14-10-13-20(15-21)19-11-8-7-9-12-19;1-15-12-13-24-21(14-15)19-9-5-8-17-18-10-11-20(16-6-3-2-4-7-16)25-23(18)26-22(17)19;/h10,13,15-16,18-19H,7-9,11-12,17H2,1-6H3;2-8,10-14H,1H3;/q2*-1;. The number of aromatic nitrogens is 3. The van der Waals surface area contributed by atoms with Crippen LogP contribution in [0.25, 0.3) is 55.8 Å². The minimum absolute atomic E-state index is 0. The fourth-order valence-corrected chi connectivity index (χ4v) is 9.19. The molecule has 1 aliphatic rings. The largest absolute Gasteiger partial charge is 0.486 e. The van der Waals surface area contributed by atoms with Gasteiger partial charge in [0.25, 0.3) is 0 Å². The van der Waals surface area contributed by atoms with Crippen LogP contribution in [0.2, 0.25) is 19.6 Å². The Kier molecular flexibility index (Phi) is 12.2. The Labute approximate surface area is 336 Å². The van der Waals surface area contributed by atoms with Crippen molar-refractivity contribution in [3.8, 4) is 33.8 Å². The zero-order chi connectivity index (χ0) is 37.2. The Bertz CT molecular complexity index is 2350. The van der Waals surface area contributed by atoms with Crippen LogP contribution in [0.3, 0.4) is 0 Å². The van der Waals surface area contributed by atoms with Gasteiger partial charge in [0, 0.05) is 43.4 Å². The van der Waals surface area contributed by atoms with E-state index in [1.165, 1.54) is 48.4 Å². The maximum absolute atomic E-state index is 6.16. The van der Waals surface area contributed by atoms with E-state index in [1.807, 2.05) is 66.9 Å². The van der Waals surface area contributed by atoms with Gasteiger partial charge in [-0.1, -0.05) is 124 Å². The molecule has 0 N–H and O–H groups in total. The summed E-state index contributed by atoms with van der Waals surface area (Å²) in [6.45, 7) is 16.3. The molecule has 7 aromatic rings. The van der Waals surface area contributed by atoms with E-state index in [2.05, 4.69) is 101 Å². The number of benzene rings is 3. The molecule has 0 aliphatic heterocycles. The van der Waals surface area contributed by atoms with Crippen molar-refractivity contribution in [1.82, 2.24) is 15.0 Å². The summed E-state index contributed by atoms with van der Waals surface area (Å²) >= 11 is 0. The van der Waals surface area contributed by atoms with Crippen LogP contribution in [0.4, 0.5) is 0 Å². The van der Waals surface area contributed by atoms with E-state index < -0.39 is 8.07 Å². The SMILES string of the molecule is CC(C)(C)Cc1cc(-c2[c-]ccc(C3CCCCC3)c2)ncc1[Si](C)(C)C.Cc1ccnc(-c2[c-]ccc3c2oc2nc(-c4ccccc4)ccc23)c1.[Ir]. The van der Waals surface area contributed by atoms with Crippen molar-refractivity contribution in [2.45, 2.75) is 91.8 Å². The number of rotatable bonds is 6. The van der Waals surface area contributed by atoms with Crippen LogP contribution in [0.15, 0.2) is 108 Å². The summed E-state index contributed by atoms with van der Waals surface area (Å²) in [6.07, 6.45) is 11.9. The van der Waals surface area contributed by atoms with Crippen molar-refractivity contribution in [3.05, 3.63) is 132 Å². The maximum atomic E-state index is 6.16. The predicted octanol–water partition coefficient (Wildman–Crippen LogP) is 12.5. The first-order valence-electron chi connectivity index (χ1n) is 19.2. The molecule has 4 heterocycles. The van der Waals surface area contributed by atoms with Crippen LogP contribution in [-0.2, 0) is 26.5 Å². The summed E-state index contributed by atoms with van der Waals surface area (Å²) in [5, 5.41) is 3.54. The molecule has 0 atom stereocenters. The van der Waals surface area contributed by atoms with Gasteiger partial charge >= 0.3 is 0 Å². The zero-order valence-corrected chi connectivity index (χ0v) is 36.1. The molecule has 0 unspecified atom stereocenters. The van der Waals surface area contributed by atoms with Gasteiger partial charge in [-0.25, -0.2) is 4.98 Å². The molecule has 279 valence electrons. The average molecular weight is 906 g/mol. The van der Waals surface area contributed by atoms with E-state index in [1.54, 1.807) is 0 Å². The van der Waals surface area contributed by atoms with Crippen molar-refractivity contribution in [1.29, 1.82) is 0 Å². The maximum Gasteiger partial charge on any atom is 0.216 e. The third-order valence-corrected chi connectivity index (χ3v) is 12.3. The van der Waals surface area contributed by atoms with Crippen LogP contribution in [0, 0.1) is 24.5 Å². The molecule has 1 aliphatic carbocycles. The first kappa shape index (κ1) is 39.5. The van der Waals surface area contributed by atoms with Gasteiger partial charge in [0.15, 0.2) is 0 Å². The number of furan rings is 1. The summed E-state index contributed by atoms with van der Waals surface area (Å²) in [6, 6.07) is 38.0. The Morgan fingerprint density at radius 3 is 2.26 bits per heavy atom. The van der Waals surface area contributed by atoms with Crippen molar-refractivity contribution < 1.29 is 24.5 Å². The summed E-state index contributed by atoms with van der Waals surface area (Å²) in [7, 11) is -1.41. The van der Waals surface area contributed by atoms with Crippen molar-refractivity contribution in [2.75, 3.05) is 0 Å². The van der Waals surface area contributed by atoms with Crippen molar-refractivity contribution in [2.24, 2.45) is 5.41 Å². The third kappa shape index (κ3) is 9.17. The number of nitrogens with zero attached hydrogens (tertiary/aromatic N) is 3. The molecule has 4 aromatic heterocycles. The quantitative estimate of drug-likeness (QED) is 0.123. The van der Waals surface area contributed by atoms with Gasteiger partial charge in [0.2, 0.25) is 5.71 Å². The summed E-state index contributed by atoms with van der Waals surface area (Å²) in [4.78, 5) is 14.1. The van der Waals surface area contributed by atoms with E-state index in [0.29, 0.717) is 5.71 Å². The number of pyridine rings is 3. The first-order chi connectivity index (χ1) is 25.4. The Hall–Kier alpha value is -4.22. The molecular formula is C48H51IrN3OSi-2. The third-order valence-electron chi connectivity index (χ3n) is 10.2. The molecule has 1 radical (unpaired) electrons. The molecule has 4 nitrogen and oxygen atoms in total. The minimum Gasteiger partial charge on any atom is -0.486 e. The fraction of sp³-hybridized carbons (Fsp3) is 0.312. The van der Waals surface area contributed by atoms with Crippen LogP contribution < -0.4 is 5.19 Å². The molecular weight excluding hydrogens is 855 g/mol. The van der Waals surface area contributed by atoms with Crippen LogP contribution >= 0.6 is 0 Å². The van der Waals surface area contributed by atoms with Gasteiger partial charge in [-0.15, -0.1) is 53.6 Å². The number of aryl methyl sites for hydroxylation is 1. The Morgan fingerprint density at radius 1 is 0.778 bits per heavy atom. The normalized spacial score (nSPS) is 13.7. The van der Waals surface area contributed by atoms with Gasteiger partial charge in [-0.05, 0) is 72.3 Å². The smallest absolute Gasteiger partial charge is 0.216 e. The van der Waals surface area contributed by atoms with Crippen molar-refractivity contribution >= 4 is 35.3 Å². The molecule has 0 saturated heterocycles.